The molecule has 0 fully saturated rings. The molecule has 1 amide bonds. The van der Waals surface area contributed by atoms with Crippen LogP contribution in [0.15, 0.2) is 0 Å². The number of nitrogens with one attached hydrogen (secondary N) is 2. The summed E-state index contributed by atoms with van der Waals surface area (Å²) in [5.74, 6) is 0.833. The van der Waals surface area contributed by atoms with E-state index in [1.165, 1.54) is 0 Å². The lowest BCUT2D eigenvalue weighted by Gasteiger charge is -2.09. The van der Waals surface area contributed by atoms with E-state index < -0.39 is 6.17 Å². The summed E-state index contributed by atoms with van der Waals surface area (Å²) in [6.45, 7) is 13.7. The lowest BCUT2D eigenvalue weighted by Crippen LogP contribution is -2.26. The van der Waals surface area contributed by atoms with Crippen LogP contribution in [0.5, 0.6) is 0 Å². The van der Waals surface area contributed by atoms with Gasteiger partial charge in [0.15, 0.2) is 0 Å². The molecule has 0 aliphatic heterocycles. The number of rotatable bonds is 14. The Kier molecular flexibility index (Phi) is 31.7. The van der Waals surface area contributed by atoms with Gasteiger partial charge in [-0.25, -0.2) is 4.39 Å². The van der Waals surface area contributed by atoms with Gasteiger partial charge < -0.3 is 24.8 Å². The highest BCUT2D eigenvalue weighted by Crippen LogP contribution is 1.90. The first-order valence-electron chi connectivity index (χ1n) is 8.73. The van der Waals surface area contributed by atoms with Crippen LogP contribution in [-0.2, 0) is 19.0 Å². The Hall–Kier alpha value is -0.760. The van der Waals surface area contributed by atoms with Gasteiger partial charge in [0.1, 0.15) is 6.17 Å². The van der Waals surface area contributed by atoms with Crippen LogP contribution >= 0.6 is 0 Å². The van der Waals surface area contributed by atoms with Gasteiger partial charge in [-0.3, -0.25) is 4.79 Å². The van der Waals surface area contributed by atoms with Crippen molar-refractivity contribution in [3.8, 4) is 0 Å². The van der Waals surface area contributed by atoms with Crippen molar-refractivity contribution in [1.82, 2.24) is 10.6 Å². The third-order valence-electron chi connectivity index (χ3n) is 1.96. The van der Waals surface area contributed by atoms with E-state index in [1.807, 2.05) is 20.9 Å². The van der Waals surface area contributed by atoms with Crippen LogP contribution in [0.3, 0.4) is 0 Å². The van der Waals surface area contributed by atoms with E-state index in [0.29, 0.717) is 39.4 Å². The molecular weight excluding hydrogens is 315 g/mol. The summed E-state index contributed by atoms with van der Waals surface area (Å²) < 4.78 is 28.4. The molecule has 0 heterocycles. The van der Waals surface area contributed by atoms with Gasteiger partial charge in [0.25, 0.3) is 0 Å². The molecule has 0 aromatic carbocycles. The molecule has 0 aliphatic carbocycles. The third-order valence-corrected chi connectivity index (χ3v) is 1.96. The molecule has 0 spiro atoms. The Morgan fingerprint density at radius 2 is 1.42 bits per heavy atom. The summed E-state index contributed by atoms with van der Waals surface area (Å²) in [5.41, 5.74) is 0. The Morgan fingerprint density at radius 3 is 1.88 bits per heavy atom. The average molecular weight is 355 g/mol. The van der Waals surface area contributed by atoms with Gasteiger partial charge in [-0.2, -0.15) is 0 Å². The first kappa shape index (κ1) is 28.1. The number of hydrogen-bond donors (Lipinski definition) is 2. The number of amides is 1. The van der Waals surface area contributed by atoms with Crippen molar-refractivity contribution in [2.75, 3.05) is 59.8 Å². The second-order valence-electron chi connectivity index (χ2n) is 5.26. The van der Waals surface area contributed by atoms with E-state index in [1.54, 1.807) is 0 Å². The Balaban J connectivity index is -0.000000636. The smallest absolute Gasteiger partial charge is 0.207 e. The maximum atomic E-state index is 12.9. The Morgan fingerprint density at radius 1 is 0.958 bits per heavy atom. The highest BCUT2D eigenvalue weighted by atomic mass is 19.1. The molecule has 24 heavy (non-hydrogen) atoms. The number of ether oxygens (including phenoxy) is 3. The van der Waals surface area contributed by atoms with E-state index in [9.17, 15) is 9.18 Å². The van der Waals surface area contributed by atoms with Gasteiger partial charge in [0, 0.05) is 6.54 Å². The molecule has 6 nitrogen and oxygen atoms in total. The van der Waals surface area contributed by atoms with Crippen molar-refractivity contribution in [3.05, 3.63) is 0 Å². The highest BCUT2D eigenvalue weighted by Gasteiger charge is 2.04. The fraction of sp³-hybridized carbons (Fsp3) is 0.941. The van der Waals surface area contributed by atoms with Crippen molar-refractivity contribution in [1.29, 1.82) is 0 Å². The summed E-state index contributed by atoms with van der Waals surface area (Å²) >= 11 is 0. The third kappa shape index (κ3) is 37.5. The van der Waals surface area contributed by atoms with Gasteiger partial charge in [-0.05, 0) is 13.0 Å². The van der Waals surface area contributed by atoms with Crippen LogP contribution < -0.4 is 10.6 Å². The second-order valence-corrected chi connectivity index (χ2v) is 5.26. The molecule has 0 rings (SSSR count). The molecule has 0 saturated carbocycles. The van der Waals surface area contributed by atoms with Crippen molar-refractivity contribution in [2.45, 2.75) is 40.8 Å². The fourth-order valence-electron chi connectivity index (χ4n) is 1.06. The van der Waals surface area contributed by atoms with E-state index in [2.05, 4.69) is 31.4 Å². The van der Waals surface area contributed by atoms with E-state index >= 15 is 0 Å². The number of likely N-dealkylation sites (N-methyl/N-ethyl adjacent to an activating group) is 1. The minimum absolute atomic E-state index is 0.0241. The molecule has 148 valence electrons. The zero-order valence-corrected chi connectivity index (χ0v) is 16.4. The predicted molar refractivity (Wildman–Crippen MR) is 97.2 cm³/mol. The molecule has 7 heteroatoms. The van der Waals surface area contributed by atoms with Gasteiger partial charge >= 0.3 is 0 Å². The van der Waals surface area contributed by atoms with Gasteiger partial charge in [-0.1, -0.05) is 34.6 Å². The first-order valence-corrected chi connectivity index (χ1v) is 8.73. The SMILES string of the molecule is CC.CC(C)C.CNCCOCCOCCOCC(F)CNC=O. The van der Waals surface area contributed by atoms with Crippen molar-refractivity contribution >= 4 is 6.41 Å². The highest BCUT2D eigenvalue weighted by molar-refractivity contribution is 5.45. The molecule has 2 N–H and O–H groups in total. The second kappa shape index (κ2) is 27.1. The summed E-state index contributed by atoms with van der Waals surface area (Å²) in [5, 5.41) is 5.21. The van der Waals surface area contributed by atoms with Crippen molar-refractivity contribution < 1.29 is 23.4 Å². The quantitative estimate of drug-likeness (QED) is 0.369. The molecule has 0 aromatic heterocycles. The van der Waals surface area contributed by atoms with Crippen molar-refractivity contribution in [2.24, 2.45) is 5.92 Å². The number of carbonyl (C=O) groups excluding carboxylic acids is 1. The van der Waals surface area contributed by atoms with Crippen LogP contribution in [0.2, 0.25) is 0 Å². The Labute approximate surface area is 147 Å². The van der Waals surface area contributed by atoms with Crippen LogP contribution in [0.1, 0.15) is 34.6 Å². The summed E-state index contributed by atoms with van der Waals surface area (Å²) in [7, 11) is 1.86. The standard InChI is InChI=1S/C11H23FN2O4.C4H10.C2H6/c1-13-2-3-16-4-5-17-6-7-18-9-11(12)8-14-10-15;1-4(2)3;1-2/h10-11,13H,2-9H2,1H3,(H,14,15);4H,1-3H3;1-2H3. The number of halogens is 1. The number of carbonyl (C=O) groups is 1. The number of hydrogen-bond acceptors (Lipinski definition) is 5. The largest absolute Gasteiger partial charge is 0.378 e. The minimum atomic E-state index is -1.18. The fourth-order valence-corrected chi connectivity index (χ4v) is 1.06. The topological polar surface area (TPSA) is 68.8 Å². The molecule has 0 aliphatic rings. The van der Waals surface area contributed by atoms with Crippen molar-refractivity contribution in [3.63, 3.8) is 0 Å². The molecule has 0 aromatic rings. The first-order chi connectivity index (χ1) is 11.5. The maximum Gasteiger partial charge on any atom is 0.207 e. The molecule has 0 radical (unpaired) electrons. The van der Waals surface area contributed by atoms with Crippen LogP contribution in [0, 0.1) is 5.92 Å². The normalized spacial score (nSPS) is 11.0. The van der Waals surface area contributed by atoms with E-state index in [4.69, 9.17) is 14.2 Å². The Bertz CT molecular complexity index is 220. The van der Waals surface area contributed by atoms with E-state index in [0.717, 1.165) is 12.5 Å². The zero-order valence-electron chi connectivity index (χ0n) is 16.4. The summed E-state index contributed by atoms with van der Waals surface area (Å²) in [4.78, 5) is 9.90. The van der Waals surface area contributed by atoms with Gasteiger partial charge in [-0.15, -0.1) is 0 Å². The van der Waals surface area contributed by atoms with Gasteiger partial charge in [0.2, 0.25) is 6.41 Å². The van der Waals surface area contributed by atoms with Crippen LogP contribution in [-0.4, -0.2) is 72.4 Å². The molecular formula is C17H39FN2O4. The predicted octanol–water partition coefficient (Wildman–Crippen LogP) is 2.03. The molecule has 1 atom stereocenters. The lowest BCUT2D eigenvalue weighted by molar-refractivity contribution is -0.109. The molecule has 1 unspecified atom stereocenters. The lowest BCUT2D eigenvalue weighted by atomic mass is 10.3. The van der Waals surface area contributed by atoms with Crippen LogP contribution in [0.25, 0.3) is 0 Å². The minimum Gasteiger partial charge on any atom is -0.378 e. The summed E-state index contributed by atoms with van der Waals surface area (Å²) in [6.07, 6.45) is -0.718. The molecule has 0 bridgehead atoms. The monoisotopic (exact) mass is 354 g/mol. The van der Waals surface area contributed by atoms with Gasteiger partial charge in [0.05, 0.1) is 46.2 Å². The maximum absolute atomic E-state index is 12.9. The summed E-state index contributed by atoms with van der Waals surface area (Å²) in [6, 6.07) is 0. The van der Waals surface area contributed by atoms with E-state index in [-0.39, 0.29) is 13.2 Å². The number of alkyl halides is 1. The average Bonchev–Trinajstić information content (AvgIpc) is 2.56. The zero-order chi connectivity index (χ0) is 19.1. The molecule has 0 saturated heterocycles. The van der Waals surface area contributed by atoms with Crippen LogP contribution in [0.4, 0.5) is 4.39 Å².